The zero-order valence-electron chi connectivity index (χ0n) is 16.3. The smallest absolute Gasteiger partial charge is 0.317 e. The van der Waals surface area contributed by atoms with E-state index in [9.17, 15) is 14.0 Å². The van der Waals surface area contributed by atoms with E-state index >= 15 is 0 Å². The van der Waals surface area contributed by atoms with Gasteiger partial charge in [-0.15, -0.1) is 0 Å². The van der Waals surface area contributed by atoms with Crippen LogP contribution >= 0.6 is 0 Å². The van der Waals surface area contributed by atoms with Crippen molar-refractivity contribution in [2.24, 2.45) is 18.9 Å². The molecule has 2 unspecified atom stereocenters. The Morgan fingerprint density at radius 1 is 1.26 bits per heavy atom. The van der Waals surface area contributed by atoms with Gasteiger partial charge < -0.3 is 10.5 Å². The van der Waals surface area contributed by atoms with Crippen molar-refractivity contribution < 1.29 is 18.7 Å². The zero-order valence-corrected chi connectivity index (χ0v) is 16.3. The molecule has 2 aromatic rings. The van der Waals surface area contributed by atoms with Gasteiger partial charge in [0.15, 0.2) is 5.78 Å². The largest absolute Gasteiger partial charge is 0.465 e. The lowest BCUT2D eigenvalue weighted by molar-refractivity contribution is -0.153. The van der Waals surface area contributed by atoms with Crippen molar-refractivity contribution in [1.29, 1.82) is 0 Å². The second kappa shape index (κ2) is 8.33. The summed E-state index contributed by atoms with van der Waals surface area (Å²) < 4.78 is 20.2. The lowest BCUT2D eigenvalue weighted by Crippen LogP contribution is -2.35. The molecule has 0 spiro atoms. The van der Waals surface area contributed by atoms with Gasteiger partial charge in [-0.2, -0.15) is 5.10 Å². The fraction of sp³-hybridized carbons (Fsp3) is 0.450. The number of nitrogens with two attached hydrogens (primary N) is 1. The summed E-state index contributed by atoms with van der Waals surface area (Å²) in [5, 5.41) is 4.32. The lowest BCUT2D eigenvalue weighted by Gasteiger charge is -2.27. The first-order chi connectivity index (χ1) is 12.7. The molecule has 2 atom stereocenters. The second-order valence-electron chi connectivity index (χ2n) is 6.82. The number of aryl methyl sites for hydroxylation is 2. The van der Waals surface area contributed by atoms with Crippen molar-refractivity contribution in [3.8, 4) is 0 Å². The number of benzene rings is 1. The summed E-state index contributed by atoms with van der Waals surface area (Å²) in [6.07, 6.45) is 0. The predicted molar refractivity (Wildman–Crippen MR) is 101 cm³/mol. The first-order valence-electron chi connectivity index (χ1n) is 8.93. The van der Waals surface area contributed by atoms with E-state index in [4.69, 9.17) is 10.5 Å². The van der Waals surface area contributed by atoms with Crippen LogP contribution in [0.15, 0.2) is 24.3 Å². The minimum atomic E-state index is -1.10. The summed E-state index contributed by atoms with van der Waals surface area (Å²) in [6.45, 7) is 7.07. The van der Waals surface area contributed by atoms with Gasteiger partial charge in [0.2, 0.25) is 0 Å². The van der Waals surface area contributed by atoms with Crippen LogP contribution in [-0.2, 0) is 21.4 Å². The van der Waals surface area contributed by atoms with E-state index in [1.165, 1.54) is 16.8 Å². The molecule has 1 aromatic heterocycles. The third-order valence-electron chi connectivity index (χ3n) is 4.60. The highest BCUT2D eigenvalue weighted by Gasteiger charge is 2.41. The number of nitrogen functional groups attached to an aromatic ring is 1. The van der Waals surface area contributed by atoms with Gasteiger partial charge in [0, 0.05) is 24.4 Å². The van der Waals surface area contributed by atoms with Gasteiger partial charge in [-0.3, -0.25) is 14.3 Å². The molecule has 0 saturated carbocycles. The second-order valence-corrected chi connectivity index (χ2v) is 6.82. The molecule has 146 valence electrons. The molecule has 0 saturated heterocycles. The van der Waals surface area contributed by atoms with Gasteiger partial charge in [-0.1, -0.05) is 26.0 Å². The van der Waals surface area contributed by atoms with Crippen LogP contribution in [0.5, 0.6) is 0 Å². The van der Waals surface area contributed by atoms with Crippen LogP contribution in [0.4, 0.5) is 10.2 Å². The summed E-state index contributed by atoms with van der Waals surface area (Å²) >= 11 is 0. The van der Waals surface area contributed by atoms with Gasteiger partial charge in [0.05, 0.1) is 12.3 Å². The Kier molecular flexibility index (Phi) is 6.36. The molecule has 0 aliphatic rings. The molecule has 0 aliphatic carbocycles. The van der Waals surface area contributed by atoms with Crippen LogP contribution in [-0.4, -0.2) is 28.1 Å². The molecule has 1 heterocycles. The minimum Gasteiger partial charge on any atom is -0.465 e. The monoisotopic (exact) mass is 375 g/mol. The Hall–Kier alpha value is -2.70. The number of rotatable bonds is 7. The standard InChI is InChI=1S/C20H26FN3O3/c1-6-27-20(26)17(18(25)11(2)3)16(13-7-9-14(21)10-8-13)15-12(4)23-24(5)19(15)22/h7-11,16-17H,6,22H2,1-5H3. The number of carbonyl (C=O) groups excluding carboxylic acids is 2. The van der Waals surface area contributed by atoms with Crippen molar-refractivity contribution in [3.63, 3.8) is 0 Å². The van der Waals surface area contributed by atoms with Crippen LogP contribution < -0.4 is 5.73 Å². The average Bonchev–Trinajstić information content (AvgIpc) is 2.85. The number of hydrogen-bond acceptors (Lipinski definition) is 5. The first-order valence-corrected chi connectivity index (χ1v) is 8.93. The zero-order chi connectivity index (χ0) is 20.3. The van der Waals surface area contributed by atoms with E-state index in [0.717, 1.165) is 0 Å². The van der Waals surface area contributed by atoms with E-state index < -0.39 is 23.6 Å². The highest BCUT2D eigenvalue weighted by molar-refractivity contribution is 6.01. The maximum Gasteiger partial charge on any atom is 0.317 e. The maximum atomic E-state index is 13.5. The van der Waals surface area contributed by atoms with Gasteiger partial charge in [-0.05, 0) is 31.5 Å². The number of halogens is 1. The summed E-state index contributed by atoms with van der Waals surface area (Å²) in [4.78, 5) is 25.8. The molecular formula is C20H26FN3O3. The van der Waals surface area contributed by atoms with Crippen molar-refractivity contribution >= 4 is 17.6 Å². The predicted octanol–water partition coefficient (Wildman–Crippen LogP) is 2.99. The van der Waals surface area contributed by atoms with Gasteiger partial charge >= 0.3 is 5.97 Å². The molecule has 27 heavy (non-hydrogen) atoms. The van der Waals surface area contributed by atoms with Crippen molar-refractivity contribution in [1.82, 2.24) is 9.78 Å². The van der Waals surface area contributed by atoms with E-state index in [2.05, 4.69) is 5.10 Å². The summed E-state index contributed by atoms with van der Waals surface area (Å²) in [6, 6.07) is 5.72. The van der Waals surface area contributed by atoms with Crippen LogP contribution in [0.2, 0.25) is 0 Å². The highest BCUT2D eigenvalue weighted by Crippen LogP contribution is 2.39. The Morgan fingerprint density at radius 3 is 2.30 bits per heavy atom. The fourth-order valence-corrected chi connectivity index (χ4v) is 3.28. The van der Waals surface area contributed by atoms with E-state index in [1.54, 1.807) is 46.9 Å². The summed E-state index contributed by atoms with van der Waals surface area (Å²) in [7, 11) is 1.69. The first kappa shape index (κ1) is 20.6. The molecule has 0 amide bonds. The number of Topliss-reactive ketones (excluding diaryl/α,β-unsaturated/α-hetero) is 1. The van der Waals surface area contributed by atoms with Crippen LogP contribution in [0, 0.1) is 24.6 Å². The van der Waals surface area contributed by atoms with Gasteiger partial charge in [0.1, 0.15) is 17.6 Å². The molecule has 0 bridgehead atoms. The average molecular weight is 375 g/mol. The number of hydrogen-bond donors (Lipinski definition) is 1. The normalized spacial score (nSPS) is 13.4. The number of nitrogens with zero attached hydrogens (tertiary/aromatic N) is 2. The third kappa shape index (κ3) is 4.18. The summed E-state index contributed by atoms with van der Waals surface area (Å²) in [5.74, 6) is -3.13. The van der Waals surface area contributed by atoms with E-state index in [1.807, 2.05) is 0 Å². The Labute approximate surface area is 158 Å². The van der Waals surface area contributed by atoms with E-state index in [-0.39, 0.29) is 18.3 Å². The number of aromatic nitrogens is 2. The van der Waals surface area contributed by atoms with Crippen molar-refractivity contribution in [3.05, 3.63) is 46.9 Å². The topological polar surface area (TPSA) is 87.2 Å². The molecule has 2 N–H and O–H groups in total. The highest BCUT2D eigenvalue weighted by atomic mass is 19.1. The maximum absolute atomic E-state index is 13.5. The van der Waals surface area contributed by atoms with Crippen LogP contribution in [0.3, 0.4) is 0 Å². The fourth-order valence-electron chi connectivity index (χ4n) is 3.28. The van der Waals surface area contributed by atoms with Crippen LogP contribution in [0.1, 0.15) is 43.5 Å². The number of carbonyl (C=O) groups is 2. The molecule has 6 nitrogen and oxygen atoms in total. The minimum absolute atomic E-state index is 0.151. The number of esters is 1. The van der Waals surface area contributed by atoms with Gasteiger partial charge in [0.25, 0.3) is 0 Å². The number of anilines is 1. The summed E-state index contributed by atoms with van der Waals surface area (Å²) in [5.41, 5.74) is 8.01. The molecule has 2 rings (SSSR count). The molecule has 0 radical (unpaired) electrons. The van der Waals surface area contributed by atoms with Crippen molar-refractivity contribution in [2.45, 2.75) is 33.6 Å². The van der Waals surface area contributed by atoms with Crippen molar-refractivity contribution in [2.75, 3.05) is 12.3 Å². The third-order valence-corrected chi connectivity index (χ3v) is 4.60. The number of ketones is 1. The molecular weight excluding hydrogens is 349 g/mol. The van der Waals surface area contributed by atoms with E-state index in [0.29, 0.717) is 22.6 Å². The Balaban J connectivity index is 2.73. The SMILES string of the molecule is CCOC(=O)C(C(=O)C(C)C)C(c1ccc(F)cc1)c1c(C)nn(C)c1N. The molecule has 0 fully saturated rings. The Bertz CT molecular complexity index is 828. The lowest BCUT2D eigenvalue weighted by atomic mass is 9.76. The van der Waals surface area contributed by atoms with Gasteiger partial charge in [-0.25, -0.2) is 4.39 Å². The Morgan fingerprint density at radius 2 is 1.85 bits per heavy atom. The number of ether oxygens (including phenoxy) is 1. The quantitative estimate of drug-likeness (QED) is 0.594. The van der Waals surface area contributed by atoms with Crippen LogP contribution in [0.25, 0.3) is 0 Å². The molecule has 0 aliphatic heterocycles. The molecule has 1 aromatic carbocycles. The molecule has 7 heteroatoms.